The first-order chi connectivity index (χ1) is 14.0. The highest BCUT2D eigenvalue weighted by Gasteiger charge is 2.34. The van der Waals surface area contributed by atoms with Crippen molar-refractivity contribution in [1.82, 2.24) is 9.47 Å². The van der Waals surface area contributed by atoms with Crippen molar-refractivity contribution in [2.75, 3.05) is 13.1 Å². The average molecular weight is 392 g/mol. The zero-order chi connectivity index (χ0) is 20.1. The summed E-state index contributed by atoms with van der Waals surface area (Å²) in [6, 6.07) is 11.8. The van der Waals surface area contributed by atoms with Gasteiger partial charge in [0.25, 0.3) is 11.5 Å². The Labute approximate surface area is 166 Å². The van der Waals surface area contributed by atoms with Crippen LogP contribution in [0.15, 0.2) is 56.5 Å². The van der Waals surface area contributed by atoms with Crippen molar-refractivity contribution in [3.05, 3.63) is 74.5 Å². The number of amides is 1. The summed E-state index contributed by atoms with van der Waals surface area (Å²) in [6.45, 7) is 2.66. The second-order valence-electron chi connectivity index (χ2n) is 7.69. The molecule has 0 spiro atoms. The van der Waals surface area contributed by atoms with Crippen molar-refractivity contribution in [1.29, 1.82) is 0 Å². The summed E-state index contributed by atoms with van der Waals surface area (Å²) in [4.78, 5) is 38.7. The van der Waals surface area contributed by atoms with Gasteiger partial charge in [-0.05, 0) is 38.0 Å². The normalized spacial score (nSPS) is 16.7. The minimum absolute atomic E-state index is 0.0232. The summed E-state index contributed by atoms with van der Waals surface area (Å²) in [5.41, 5.74) is 0.992. The van der Waals surface area contributed by atoms with E-state index in [1.165, 1.54) is 12.1 Å². The van der Waals surface area contributed by atoms with Gasteiger partial charge in [0, 0.05) is 23.9 Å². The van der Waals surface area contributed by atoms with E-state index in [9.17, 15) is 14.4 Å². The van der Waals surface area contributed by atoms with Crippen LogP contribution in [0.2, 0.25) is 0 Å². The maximum Gasteiger partial charge on any atom is 0.289 e. The Balaban J connectivity index is 1.27. The van der Waals surface area contributed by atoms with Gasteiger partial charge in [-0.25, -0.2) is 0 Å². The first-order valence-electron chi connectivity index (χ1n) is 9.71. The number of aryl methyl sites for hydroxylation is 1. The van der Waals surface area contributed by atoms with Crippen molar-refractivity contribution < 1.29 is 13.9 Å². The van der Waals surface area contributed by atoms with Crippen LogP contribution >= 0.6 is 0 Å². The van der Waals surface area contributed by atoms with Gasteiger partial charge in [0.05, 0.1) is 18.5 Å². The summed E-state index contributed by atoms with van der Waals surface area (Å²) in [7, 11) is 0. The molecule has 29 heavy (non-hydrogen) atoms. The number of carbonyl (C=O) groups is 1. The highest BCUT2D eigenvalue weighted by molar-refractivity contribution is 5.93. The quantitative estimate of drug-likeness (QED) is 0.681. The molecule has 0 atom stereocenters. The third-order valence-corrected chi connectivity index (χ3v) is 5.43. The fourth-order valence-corrected chi connectivity index (χ4v) is 3.79. The van der Waals surface area contributed by atoms with Gasteiger partial charge in [0.1, 0.15) is 17.4 Å². The molecule has 1 aliphatic heterocycles. The Morgan fingerprint density at radius 2 is 1.86 bits per heavy atom. The molecule has 7 heteroatoms. The topological polar surface area (TPSA) is 81.8 Å². The van der Waals surface area contributed by atoms with Gasteiger partial charge in [-0.2, -0.15) is 0 Å². The molecule has 7 nitrogen and oxygen atoms in total. The Bertz CT molecular complexity index is 1230. The molecule has 0 unspecified atom stereocenters. The third kappa shape index (κ3) is 3.22. The lowest BCUT2D eigenvalue weighted by Crippen LogP contribution is -2.56. The number of carbonyl (C=O) groups excluding carboxylic acids is 1. The molecule has 148 valence electrons. The molecule has 0 bridgehead atoms. The summed E-state index contributed by atoms with van der Waals surface area (Å²) >= 11 is 0. The standard InChI is InChI=1S/C22H20N2O5/c1-13-8-15(9-21(26)24(13)14-6-7-14)28-16-11-23(12-16)22(27)20-10-18(25)17-4-2-3-5-19(17)29-20/h2-5,8-10,14,16H,6-7,11-12H2,1H3. The second-order valence-corrected chi connectivity index (χ2v) is 7.69. The molecule has 1 saturated heterocycles. The van der Waals surface area contributed by atoms with Crippen LogP contribution in [-0.4, -0.2) is 34.6 Å². The molecule has 2 aliphatic rings. The van der Waals surface area contributed by atoms with E-state index >= 15 is 0 Å². The molecule has 2 aromatic heterocycles. The number of hydrogen-bond acceptors (Lipinski definition) is 5. The molecule has 5 rings (SSSR count). The largest absolute Gasteiger partial charge is 0.486 e. The zero-order valence-corrected chi connectivity index (χ0v) is 16.0. The molecule has 1 amide bonds. The maximum absolute atomic E-state index is 12.6. The highest BCUT2D eigenvalue weighted by atomic mass is 16.5. The molecule has 3 heterocycles. The van der Waals surface area contributed by atoms with E-state index in [-0.39, 0.29) is 28.8 Å². The zero-order valence-electron chi connectivity index (χ0n) is 16.0. The van der Waals surface area contributed by atoms with E-state index in [1.807, 2.05) is 17.6 Å². The lowest BCUT2D eigenvalue weighted by Gasteiger charge is -2.38. The number of hydrogen-bond donors (Lipinski definition) is 0. The van der Waals surface area contributed by atoms with E-state index in [2.05, 4.69) is 0 Å². The Kier molecular flexibility index (Phi) is 4.04. The Hall–Kier alpha value is -3.35. The van der Waals surface area contributed by atoms with Gasteiger partial charge < -0.3 is 18.6 Å². The van der Waals surface area contributed by atoms with Crippen molar-refractivity contribution in [3.63, 3.8) is 0 Å². The third-order valence-electron chi connectivity index (χ3n) is 5.43. The van der Waals surface area contributed by atoms with E-state index in [0.717, 1.165) is 18.5 Å². The molecule has 0 N–H and O–H groups in total. The molecular weight excluding hydrogens is 372 g/mol. The predicted molar refractivity (Wildman–Crippen MR) is 107 cm³/mol. The number of fused-ring (bicyclic) bond motifs is 1. The minimum Gasteiger partial charge on any atom is -0.486 e. The fraction of sp³-hybridized carbons (Fsp3) is 0.318. The first kappa shape index (κ1) is 17.7. The van der Waals surface area contributed by atoms with Gasteiger partial charge in [-0.1, -0.05) is 12.1 Å². The van der Waals surface area contributed by atoms with E-state index in [4.69, 9.17) is 9.15 Å². The van der Waals surface area contributed by atoms with Gasteiger partial charge in [-0.15, -0.1) is 0 Å². The van der Waals surface area contributed by atoms with Gasteiger partial charge in [-0.3, -0.25) is 14.4 Å². The lowest BCUT2D eigenvalue weighted by molar-refractivity contribution is 0.0154. The van der Waals surface area contributed by atoms with Crippen LogP contribution in [0.25, 0.3) is 11.0 Å². The maximum atomic E-state index is 12.6. The monoisotopic (exact) mass is 392 g/mol. The van der Waals surface area contributed by atoms with Gasteiger partial charge in [0.15, 0.2) is 11.2 Å². The first-order valence-corrected chi connectivity index (χ1v) is 9.71. The Morgan fingerprint density at radius 1 is 1.10 bits per heavy atom. The number of nitrogens with zero attached hydrogens (tertiary/aromatic N) is 2. The number of para-hydroxylation sites is 1. The van der Waals surface area contributed by atoms with Gasteiger partial charge >= 0.3 is 0 Å². The number of rotatable bonds is 4. The smallest absolute Gasteiger partial charge is 0.289 e. The summed E-state index contributed by atoms with van der Waals surface area (Å²) in [5, 5.41) is 0.449. The van der Waals surface area contributed by atoms with Crippen LogP contribution in [0.3, 0.4) is 0 Å². The second kappa shape index (κ2) is 6.62. The van der Waals surface area contributed by atoms with E-state index < -0.39 is 0 Å². The van der Waals surface area contributed by atoms with E-state index in [0.29, 0.717) is 35.9 Å². The van der Waals surface area contributed by atoms with Crippen molar-refractivity contribution in [2.24, 2.45) is 0 Å². The molecular formula is C22H20N2O5. The highest BCUT2D eigenvalue weighted by Crippen LogP contribution is 2.35. The number of benzene rings is 1. The summed E-state index contributed by atoms with van der Waals surface area (Å²) in [5.74, 6) is 0.210. The molecule has 1 aliphatic carbocycles. The SMILES string of the molecule is Cc1cc(OC2CN(C(=O)c3cc(=O)c4ccccc4o3)C2)cc(=O)n1C1CC1. The molecule has 2 fully saturated rings. The molecule has 0 radical (unpaired) electrons. The van der Waals surface area contributed by atoms with Gasteiger partial charge in [0.2, 0.25) is 0 Å². The Morgan fingerprint density at radius 3 is 2.59 bits per heavy atom. The minimum atomic E-state index is -0.340. The van der Waals surface area contributed by atoms with E-state index in [1.54, 1.807) is 29.2 Å². The van der Waals surface area contributed by atoms with Crippen LogP contribution in [0.4, 0.5) is 0 Å². The summed E-state index contributed by atoms with van der Waals surface area (Å²) < 4.78 is 13.3. The van der Waals surface area contributed by atoms with Crippen molar-refractivity contribution in [3.8, 4) is 5.75 Å². The molecule has 3 aromatic rings. The number of likely N-dealkylation sites (tertiary alicyclic amines) is 1. The fourth-order valence-electron chi connectivity index (χ4n) is 3.79. The summed E-state index contributed by atoms with van der Waals surface area (Å²) in [6.07, 6.45) is 1.90. The van der Waals surface area contributed by atoms with Crippen LogP contribution in [0.5, 0.6) is 5.75 Å². The lowest BCUT2D eigenvalue weighted by atomic mass is 10.1. The number of ether oxygens (including phenoxy) is 1. The number of aromatic nitrogens is 1. The van der Waals surface area contributed by atoms with Crippen LogP contribution in [0, 0.1) is 6.92 Å². The molecule has 1 saturated carbocycles. The van der Waals surface area contributed by atoms with Crippen LogP contribution < -0.4 is 15.7 Å². The molecule has 1 aromatic carbocycles. The average Bonchev–Trinajstić information content (AvgIpc) is 3.48. The van der Waals surface area contributed by atoms with Crippen LogP contribution in [-0.2, 0) is 0 Å². The number of pyridine rings is 1. The van der Waals surface area contributed by atoms with Crippen molar-refractivity contribution >= 4 is 16.9 Å². The predicted octanol–water partition coefficient (Wildman–Crippen LogP) is 2.50. The van der Waals surface area contributed by atoms with Crippen molar-refractivity contribution in [2.45, 2.75) is 31.9 Å². The van der Waals surface area contributed by atoms with Crippen LogP contribution in [0.1, 0.15) is 35.1 Å².